The van der Waals surface area contributed by atoms with Crippen LogP contribution >= 0.6 is 0 Å². The van der Waals surface area contributed by atoms with Crippen LogP contribution in [0.2, 0.25) is 0 Å². The van der Waals surface area contributed by atoms with Gasteiger partial charge in [-0.2, -0.15) is 0 Å². The summed E-state index contributed by atoms with van der Waals surface area (Å²) < 4.78 is 0. The minimum atomic E-state index is -1.09. The number of carbonyl (C=O) groups excluding carboxylic acids is 1. The third-order valence-electron chi connectivity index (χ3n) is 15.4. The van der Waals surface area contributed by atoms with Crippen molar-refractivity contribution in [1.29, 1.82) is 0 Å². The third-order valence-corrected chi connectivity index (χ3v) is 15.4. The van der Waals surface area contributed by atoms with Gasteiger partial charge in [0, 0.05) is 0 Å². The molecule has 0 radical (unpaired) electrons. The highest BCUT2D eigenvalue weighted by Crippen LogP contribution is 2.19. The Morgan fingerprint density at radius 3 is 0.797 bits per heavy atom. The van der Waals surface area contributed by atoms with Gasteiger partial charge in [-0.05, 0) is 19.3 Å². The summed E-state index contributed by atoms with van der Waals surface area (Å²) in [6, 6.07) is -0.794. The van der Waals surface area contributed by atoms with Crippen molar-refractivity contribution in [1.82, 2.24) is 5.32 Å². The summed E-state index contributed by atoms with van der Waals surface area (Å²) >= 11 is 0. The summed E-state index contributed by atoms with van der Waals surface area (Å²) in [6.45, 7) is 4.23. The molecule has 0 rings (SSSR count). The molecule has 5 nitrogen and oxygen atoms in total. The van der Waals surface area contributed by atoms with Gasteiger partial charge in [0.05, 0.1) is 18.8 Å². The third kappa shape index (κ3) is 54.7. The number of aliphatic hydroxyl groups excluding tert-OH is 3. The van der Waals surface area contributed by atoms with Crippen LogP contribution in [0.3, 0.4) is 0 Å². The lowest BCUT2D eigenvalue weighted by atomic mass is 10.0. The van der Waals surface area contributed by atoms with Crippen LogP contribution in [0, 0.1) is 0 Å². The van der Waals surface area contributed by atoms with Crippen molar-refractivity contribution in [2.75, 3.05) is 6.61 Å². The number of rotatable bonds is 60. The molecule has 0 aromatic carbocycles. The summed E-state index contributed by atoms with van der Waals surface area (Å²) in [5.41, 5.74) is 0. The zero-order chi connectivity index (χ0) is 50.0. The van der Waals surface area contributed by atoms with Crippen molar-refractivity contribution in [3.63, 3.8) is 0 Å². The first-order valence-electron chi connectivity index (χ1n) is 32.0. The second kappa shape index (κ2) is 59.7. The first-order valence-corrected chi connectivity index (χ1v) is 32.0. The Morgan fingerprint density at radius 1 is 0.348 bits per heavy atom. The Balaban J connectivity index is 3.42. The van der Waals surface area contributed by atoms with E-state index in [0.717, 1.165) is 32.1 Å². The monoisotopic (exact) mass is 974 g/mol. The van der Waals surface area contributed by atoms with Crippen LogP contribution in [0.15, 0.2) is 12.2 Å². The number of carbonyl (C=O) groups is 1. The van der Waals surface area contributed by atoms with E-state index in [0.29, 0.717) is 6.42 Å². The van der Waals surface area contributed by atoms with Crippen molar-refractivity contribution in [3.05, 3.63) is 12.2 Å². The lowest BCUT2D eigenvalue weighted by Crippen LogP contribution is -2.48. The fourth-order valence-electron chi connectivity index (χ4n) is 10.4. The van der Waals surface area contributed by atoms with Gasteiger partial charge in [-0.15, -0.1) is 0 Å². The molecule has 0 heterocycles. The standard InChI is InChI=1S/C64H127NO4/c1-3-5-7-9-11-13-15-17-19-21-22-23-24-25-26-27-28-29-30-31-32-33-34-35-36-37-38-39-40-41-43-45-47-49-51-53-55-57-59-63(68)64(69)65-61(60-66)62(67)58-56-54-52-50-48-46-44-42-20-18-16-14-12-10-8-6-4-2/h56,58,61-63,66-68H,3-55,57,59-60H2,1-2H3,(H,65,69)/b58-56+. The van der Waals surface area contributed by atoms with Gasteiger partial charge in [0.2, 0.25) is 5.91 Å². The molecule has 69 heavy (non-hydrogen) atoms. The SMILES string of the molecule is CCCCCCCCCCCCCCCCC/C=C/C(O)C(CO)NC(=O)C(O)CCCCCCCCCCCCCCCCCCCCCCCCCCCCCCCCCCCCCCCC. The molecule has 0 aliphatic rings. The van der Waals surface area contributed by atoms with Gasteiger partial charge in [-0.3, -0.25) is 4.79 Å². The van der Waals surface area contributed by atoms with E-state index in [9.17, 15) is 20.1 Å². The number of amides is 1. The molecule has 0 aromatic heterocycles. The summed E-state index contributed by atoms with van der Waals surface area (Å²) in [5.74, 6) is -0.495. The molecular formula is C64H127NO4. The predicted octanol–water partition coefficient (Wildman–Crippen LogP) is 20.2. The lowest BCUT2D eigenvalue weighted by Gasteiger charge is -2.21. The van der Waals surface area contributed by atoms with Crippen molar-refractivity contribution in [2.24, 2.45) is 0 Å². The van der Waals surface area contributed by atoms with E-state index in [-0.39, 0.29) is 6.61 Å². The highest BCUT2D eigenvalue weighted by atomic mass is 16.3. The Kier molecular flexibility index (Phi) is 58.9. The Hall–Kier alpha value is -0.910. The summed E-state index contributed by atoms with van der Waals surface area (Å²) in [5, 5.41) is 33.4. The zero-order valence-corrected chi connectivity index (χ0v) is 47.2. The quantitative estimate of drug-likeness (QED) is 0.0361. The van der Waals surface area contributed by atoms with Gasteiger partial charge in [-0.1, -0.05) is 360 Å². The molecule has 0 aliphatic carbocycles. The molecule has 412 valence electrons. The van der Waals surface area contributed by atoms with Crippen LogP contribution in [-0.4, -0.2) is 46.1 Å². The smallest absolute Gasteiger partial charge is 0.249 e. The molecular weight excluding hydrogens is 847 g/mol. The summed E-state index contributed by atoms with van der Waals surface area (Å²) in [7, 11) is 0. The van der Waals surface area contributed by atoms with Gasteiger partial charge in [0.25, 0.3) is 0 Å². The van der Waals surface area contributed by atoms with Crippen LogP contribution in [0.4, 0.5) is 0 Å². The number of hydrogen-bond acceptors (Lipinski definition) is 4. The molecule has 1 amide bonds. The van der Waals surface area contributed by atoms with E-state index in [1.807, 2.05) is 6.08 Å². The van der Waals surface area contributed by atoms with E-state index in [2.05, 4.69) is 19.2 Å². The zero-order valence-electron chi connectivity index (χ0n) is 47.2. The first kappa shape index (κ1) is 68.1. The van der Waals surface area contributed by atoms with E-state index in [1.165, 1.54) is 315 Å². The van der Waals surface area contributed by atoms with Crippen molar-refractivity contribution < 1.29 is 20.1 Å². The second-order valence-electron chi connectivity index (χ2n) is 22.3. The Labute approximate surface area is 433 Å². The fourth-order valence-corrected chi connectivity index (χ4v) is 10.4. The molecule has 5 heteroatoms. The average Bonchev–Trinajstić information content (AvgIpc) is 3.35. The number of aliphatic hydroxyl groups is 3. The molecule has 0 spiro atoms. The molecule has 3 unspecified atom stereocenters. The highest BCUT2D eigenvalue weighted by molar-refractivity contribution is 5.80. The largest absolute Gasteiger partial charge is 0.394 e. The van der Waals surface area contributed by atoms with Gasteiger partial charge < -0.3 is 20.6 Å². The maximum Gasteiger partial charge on any atom is 0.249 e. The number of allylic oxidation sites excluding steroid dienone is 1. The van der Waals surface area contributed by atoms with E-state index < -0.39 is 24.2 Å². The molecule has 0 saturated heterocycles. The maximum absolute atomic E-state index is 12.6. The lowest BCUT2D eigenvalue weighted by molar-refractivity contribution is -0.131. The predicted molar refractivity (Wildman–Crippen MR) is 305 cm³/mol. The minimum Gasteiger partial charge on any atom is -0.394 e. The number of unbranched alkanes of at least 4 members (excludes halogenated alkanes) is 52. The molecule has 3 atom stereocenters. The molecule has 0 aliphatic heterocycles. The van der Waals surface area contributed by atoms with Gasteiger partial charge in [0.15, 0.2) is 0 Å². The van der Waals surface area contributed by atoms with Crippen molar-refractivity contribution >= 4 is 5.91 Å². The Bertz CT molecular complexity index is 987. The molecule has 4 N–H and O–H groups in total. The van der Waals surface area contributed by atoms with Crippen molar-refractivity contribution in [3.8, 4) is 0 Å². The van der Waals surface area contributed by atoms with E-state index >= 15 is 0 Å². The topological polar surface area (TPSA) is 89.8 Å². The molecule has 0 aromatic rings. The maximum atomic E-state index is 12.6. The first-order chi connectivity index (χ1) is 34.1. The van der Waals surface area contributed by atoms with Crippen LogP contribution in [0.5, 0.6) is 0 Å². The van der Waals surface area contributed by atoms with Crippen LogP contribution in [-0.2, 0) is 4.79 Å². The summed E-state index contributed by atoms with van der Waals surface area (Å²) in [4.78, 5) is 12.6. The van der Waals surface area contributed by atoms with Gasteiger partial charge >= 0.3 is 0 Å². The van der Waals surface area contributed by atoms with Crippen LogP contribution in [0.25, 0.3) is 0 Å². The summed E-state index contributed by atoms with van der Waals surface area (Å²) in [6.07, 6.45) is 76.3. The van der Waals surface area contributed by atoms with E-state index in [4.69, 9.17) is 0 Å². The Morgan fingerprint density at radius 2 is 0.565 bits per heavy atom. The minimum absolute atomic E-state index is 0.358. The van der Waals surface area contributed by atoms with Crippen molar-refractivity contribution in [2.45, 2.75) is 385 Å². The van der Waals surface area contributed by atoms with Gasteiger partial charge in [-0.25, -0.2) is 0 Å². The molecule has 0 saturated carbocycles. The van der Waals surface area contributed by atoms with E-state index in [1.54, 1.807) is 6.08 Å². The fraction of sp³-hybridized carbons (Fsp3) is 0.953. The number of hydrogen-bond donors (Lipinski definition) is 4. The highest BCUT2D eigenvalue weighted by Gasteiger charge is 2.22. The second-order valence-corrected chi connectivity index (χ2v) is 22.3. The van der Waals surface area contributed by atoms with Gasteiger partial charge in [0.1, 0.15) is 6.10 Å². The average molecular weight is 975 g/mol. The van der Waals surface area contributed by atoms with Crippen LogP contribution in [0.1, 0.15) is 367 Å². The van der Waals surface area contributed by atoms with Crippen LogP contribution < -0.4 is 5.32 Å². The number of nitrogens with one attached hydrogen (secondary N) is 1. The normalized spacial score (nSPS) is 13.2. The molecule has 0 fully saturated rings. The molecule has 0 bridgehead atoms.